The maximum absolute atomic E-state index is 9.16. The summed E-state index contributed by atoms with van der Waals surface area (Å²) >= 11 is 0. The van der Waals surface area contributed by atoms with Gasteiger partial charge in [-0.15, -0.1) is 0 Å². The molecule has 1 rings (SSSR count). The molecule has 88 valence electrons. The second kappa shape index (κ2) is 5.37. The smallest absolute Gasteiger partial charge is 0.174 e. The average molecular weight is 228 g/mol. The molecule has 0 radical (unpaired) electrons. The molecule has 0 N–H and O–H groups in total. The Morgan fingerprint density at radius 3 is 2.53 bits per heavy atom. The predicted molar refractivity (Wildman–Crippen MR) is 65.6 cm³/mol. The number of hydrogen-bond acceptors (Lipinski definition) is 3. The van der Waals surface area contributed by atoms with Gasteiger partial charge in [0.05, 0.1) is 11.6 Å². The molecule has 0 saturated heterocycles. The van der Waals surface area contributed by atoms with E-state index in [4.69, 9.17) is 15.3 Å². The van der Waals surface area contributed by atoms with Crippen molar-refractivity contribution in [2.45, 2.75) is 32.6 Å². The van der Waals surface area contributed by atoms with E-state index in [1.165, 1.54) is 0 Å². The first-order valence-corrected chi connectivity index (χ1v) is 5.59. The molecular formula is C14H16N2O. The van der Waals surface area contributed by atoms with E-state index in [9.17, 15) is 0 Å². The van der Waals surface area contributed by atoms with Crippen LogP contribution in [0.15, 0.2) is 18.2 Å². The Kier molecular flexibility index (Phi) is 4.12. The Morgan fingerprint density at radius 2 is 2.00 bits per heavy atom. The van der Waals surface area contributed by atoms with Gasteiger partial charge in [0.2, 0.25) is 0 Å². The quantitative estimate of drug-likeness (QED) is 0.795. The summed E-state index contributed by atoms with van der Waals surface area (Å²) in [4.78, 5) is 0. The lowest BCUT2D eigenvalue weighted by Gasteiger charge is -2.24. The van der Waals surface area contributed by atoms with E-state index in [1.54, 1.807) is 6.07 Å². The van der Waals surface area contributed by atoms with Crippen molar-refractivity contribution in [3.8, 4) is 17.9 Å². The van der Waals surface area contributed by atoms with Gasteiger partial charge in [0.15, 0.2) is 6.61 Å². The molecule has 0 atom stereocenters. The third-order valence-corrected chi connectivity index (χ3v) is 3.03. The highest BCUT2D eigenvalue weighted by Crippen LogP contribution is 2.31. The number of hydrogen-bond donors (Lipinski definition) is 0. The summed E-state index contributed by atoms with van der Waals surface area (Å²) in [6, 6.07) is 9.51. The van der Waals surface area contributed by atoms with Crippen LogP contribution in [0.3, 0.4) is 0 Å². The van der Waals surface area contributed by atoms with Crippen LogP contribution in [0.1, 0.15) is 38.3 Å². The molecule has 0 amide bonds. The van der Waals surface area contributed by atoms with Crippen molar-refractivity contribution in [1.29, 1.82) is 10.5 Å². The summed E-state index contributed by atoms with van der Waals surface area (Å²) in [5.41, 5.74) is 1.61. The fourth-order valence-electron chi connectivity index (χ4n) is 1.60. The Balaban J connectivity index is 3.12. The highest BCUT2D eigenvalue weighted by atomic mass is 16.5. The summed E-state index contributed by atoms with van der Waals surface area (Å²) in [6.07, 6.45) is 0.958. The number of benzene rings is 1. The van der Waals surface area contributed by atoms with E-state index < -0.39 is 0 Å². The molecule has 0 bridgehead atoms. The standard InChI is InChI=1S/C14H16N2O/c1-4-14(2,3)13-6-5-12(17-8-7-15)9-11(13)10-16/h5-6,9H,4,8H2,1-3H3. The molecule has 0 aliphatic rings. The third kappa shape index (κ3) is 2.98. The van der Waals surface area contributed by atoms with Gasteiger partial charge in [0.25, 0.3) is 0 Å². The zero-order chi connectivity index (χ0) is 12.9. The summed E-state index contributed by atoms with van der Waals surface area (Å²) in [7, 11) is 0. The normalized spacial score (nSPS) is 10.4. The summed E-state index contributed by atoms with van der Waals surface area (Å²) < 4.78 is 5.19. The molecule has 3 heteroatoms. The van der Waals surface area contributed by atoms with Crippen LogP contribution >= 0.6 is 0 Å². The fraction of sp³-hybridized carbons (Fsp3) is 0.429. The monoisotopic (exact) mass is 228 g/mol. The van der Waals surface area contributed by atoms with Gasteiger partial charge in [-0.25, -0.2) is 0 Å². The van der Waals surface area contributed by atoms with Crippen molar-refractivity contribution in [2.24, 2.45) is 0 Å². The van der Waals surface area contributed by atoms with E-state index in [-0.39, 0.29) is 12.0 Å². The molecule has 0 aromatic heterocycles. The molecule has 0 fully saturated rings. The van der Waals surface area contributed by atoms with Crippen LogP contribution in [-0.2, 0) is 5.41 Å². The maximum atomic E-state index is 9.16. The molecule has 0 saturated carbocycles. The van der Waals surface area contributed by atoms with E-state index in [1.807, 2.05) is 18.2 Å². The molecule has 1 aromatic rings. The molecule has 1 aromatic carbocycles. The molecule has 0 aliphatic carbocycles. The topological polar surface area (TPSA) is 56.8 Å². The molecule has 17 heavy (non-hydrogen) atoms. The van der Waals surface area contributed by atoms with Crippen LogP contribution in [0, 0.1) is 22.7 Å². The maximum Gasteiger partial charge on any atom is 0.174 e. The Bertz CT molecular complexity index is 478. The van der Waals surface area contributed by atoms with E-state index in [0.717, 1.165) is 12.0 Å². The van der Waals surface area contributed by atoms with Crippen molar-refractivity contribution < 1.29 is 4.74 Å². The van der Waals surface area contributed by atoms with Crippen LogP contribution in [-0.4, -0.2) is 6.61 Å². The van der Waals surface area contributed by atoms with Crippen molar-refractivity contribution in [2.75, 3.05) is 6.61 Å². The lowest BCUT2D eigenvalue weighted by atomic mass is 9.80. The van der Waals surface area contributed by atoms with Crippen molar-refractivity contribution in [3.63, 3.8) is 0 Å². The van der Waals surface area contributed by atoms with Gasteiger partial charge in [-0.05, 0) is 29.5 Å². The molecule has 3 nitrogen and oxygen atoms in total. The summed E-state index contributed by atoms with van der Waals surface area (Å²) in [6.45, 7) is 6.32. The second-order valence-electron chi connectivity index (χ2n) is 4.50. The van der Waals surface area contributed by atoms with Crippen molar-refractivity contribution in [3.05, 3.63) is 29.3 Å². The van der Waals surface area contributed by atoms with Gasteiger partial charge >= 0.3 is 0 Å². The number of nitrogens with zero attached hydrogens (tertiary/aromatic N) is 2. The largest absolute Gasteiger partial charge is 0.479 e. The lowest BCUT2D eigenvalue weighted by molar-refractivity contribution is 0.367. The Hall–Kier alpha value is -2.00. The van der Waals surface area contributed by atoms with Gasteiger partial charge < -0.3 is 4.74 Å². The lowest BCUT2D eigenvalue weighted by Crippen LogP contribution is -2.17. The summed E-state index contributed by atoms with van der Waals surface area (Å²) in [5.74, 6) is 0.568. The van der Waals surface area contributed by atoms with Crippen LogP contribution in [0.4, 0.5) is 0 Å². The average Bonchev–Trinajstić information content (AvgIpc) is 2.35. The van der Waals surface area contributed by atoms with Crippen LogP contribution in [0.25, 0.3) is 0 Å². The Morgan fingerprint density at radius 1 is 1.29 bits per heavy atom. The minimum Gasteiger partial charge on any atom is -0.479 e. The number of ether oxygens (including phenoxy) is 1. The molecule has 0 heterocycles. The Labute approximate surface area is 102 Å². The third-order valence-electron chi connectivity index (χ3n) is 3.03. The van der Waals surface area contributed by atoms with Gasteiger partial charge in [-0.1, -0.05) is 26.8 Å². The van der Waals surface area contributed by atoms with Crippen molar-refractivity contribution in [1.82, 2.24) is 0 Å². The van der Waals surface area contributed by atoms with Gasteiger partial charge in [0.1, 0.15) is 11.8 Å². The van der Waals surface area contributed by atoms with Crippen LogP contribution in [0.2, 0.25) is 0 Å². The number of rotatable bonds is 4. The molecular weight excluding hydrogens is 212 g/mol. The highest BCUT2D eigenvalue weighted by molar-refractivity contribution is 5.46. The van der Waals surface area contributed by atoms with E-state index in [0.29, 0.717) is 11.3 Å². The zero-order valence-corrected chi connectivity index (χ0v) is 10.4. The predicted octanol–water partition coefficient (Wildman–Crippen LogP) is 3.15. The van der Waals surface area contributed by atoms with Gasteiger partial charge in [0, 0.05) is 0 Å². The first-order chi connectivity index (χ1) is 8.05. The molecule has 0 aliphatic heterocycles. The SMILES string of the molecule is CCC(C)(C)c1ccc(OCC#N)cc1C#N. The zero-order valence-electron chi connectivity index (χ0n) is 10.4. The fourth-order valence-corrected chi connectivity index (χ4v) is 1.60. The van der Waals surface area contributed by atoms with Gasteiger partial charge in [-0.2, -0.15) is 10.5 Å². The van der Waals surface area contributed by atoms with Gasteiger partial charge in [-0.3, -0.25) is 0 Å². The van der Waals surface area contributed by atoms with Crippen LogP contribution < -0.4 is 4.74 Å². The first-order valence-electron chi connectivity index (χ1n) is 5.59. The van der Waals surface area contributed by atoms with E-state index in [2.05, 4.69) is 26.8 Å². The molecule has 0 spiro atoms. The molecule has 0 unspecified atom stereocenters. The number of nitriles is 2. The van der Waals surface area contributed by atoms with E-state index >= 15 is 0 Å². The minimum atomic E-state index is -0.0289. The van der Waals surface area contributed by atoms with Crippen molar-refractivity contribution >= 4 is 0 Å². The van der Waals surface area contributed by atoms with Crippen LogP contribution in [0.5, 0.6) is 5.75 Å². The highest BCUT2D eigenvalue weighted by Gasteiger charge is 2.21. The minimum absolute atomic E-state index is 0.00137. The second-order valence-corrected chi connectivity index (χ2v) is 4.50. The first kappa shape index (κ1) is 13.1. The summed E-state index contributed by atoms with van der Waals surface area (Å²) in [5, 5.41) is 17.6.